The molecule has 0 aliphatic rings. The second-order valence-corrected chi connectivity index (χ2v) is 8.24. The Balaban J connectivity index is -0.000000249. The lowest BCUT2D eigenvalue weighted by Crippen LogP contribution is -2.12. The minimum absolute atomic E-state index is 0. The standard InChI is InChI=1S/C13H25ClO2.C13H23ClO2.CH5P.H2/c2*1-15-13(16-2)11-9-7-5-3-4-6-8-10-12-14;1-2;/h4,6,13H,3,5,7-12H2,1-2H3;13H,3,5,7-12H2,1-2H3;2H2,1H3;1H/b6-4-;;;. The molecule has 1 unspecified atom stereocenters. The fourth-order valence-electron chi connectivity index (χ4n) is 2.88. The summed E-state index contributed by atoms with van der Waals surface area (Å²) in [6.07, 6.45) is 19.8. The fourth-order valence-corrected chi connectivity index (χ4v) is 3.17. The number of alkyl halides is 2. The monoisotopic (exact) mass is 544 g/mol. The van der Waals surface area contributed by atoms with Gasteiger partial charge in [0, 0.05) is 54.5 Å². The van der Waals surface area contributed by atoms with Gasteiger partial charge in [-0.3, -0.25) is 0 Å². The molecule has 0 rings (SSSR count). The van der Waals surface area contributed by atoms with Gasteiger partial charge in [0.2, 0.25) is 0 Å². The van der Waals surface area contributed by atoms with Gasteiger partial charge in [-0.1, -0.05) is 31.7 Å². The summed E-state index contributed by atoms with van der Waals surface area (Å²) >= 11 is 11.1. The number of allylic oxidation sites excluding steroid dienone is 2. The number of unbranched alkanes of at least 4 members (excludes halogenated alkanes) is 8. The molecule has 0 N–H and O–H groups in total. The predicted octanol–water partition coefficient (Wildman–Crippen LogP) is 8.45. The van der Waals surface area contributed by atoms with Crippen LogP contribution < -0.4 is 0 Å². The highest BCUT2D eigenvalue weighted by molar-refractivity contribution is 7.15. The maximum absolute atomic E-state index is 5.58. The van der Waals surface area contributed by atoms with Crippen LogP contribution in [0, 0.1) is 11.8 Å². The van der Waals surface area contributed by atoms with Crippen LogP contribution in [0.25, 0.3) is 0 Å². The third-order valence-corrected chi connectivity index (χ3v) is 5.37. The summed E-state index contributed by atoms with van der Waals surface area (Å²) in [5.41, 5.74) is 0. The van der Waals surface area contributed by atoms with Crippen LogP contribution in [-0.4, -0.2) is 59.4 Å². The van der Waals surface area contributed by atoms with E-state index in [0.29, 0.717) is 5.88 Å². The van der Waals surface area contributed by atoms with Crippen molar-refractivity contribution in [1.82, 2.24) is 0 Å². The number of halogens is 2. The molecule has 0 aromatic rings. The second kappa shape index (κ2) is 37.7. The van der Waals surface area contributed by atoms with Gasteiger partial charge in [0.25, 0.3) is 0 Å². The molecule has 0 aliphatic heterocycles. The van der Waals surface area contributed by atoms with Crippen molar-refractivity contribution in [3.63, 3.8) is 0 Å². The summed E-state index contributed by atoms with van der Waals surface area (Å²) in [4.78, 5) is 0. The Morgan fingerprint density at radius 2 is 1.03 bits per heavy atom. The third-order valence-electron chi connectivity index (χ3n) is 4.84. The molecule has 0 radical (unpaired) electrons. The molecule has 4 nitrogen and oxygen atoms in total. The van der Waals surface area contributed by atoms with Crippen LogP contribution in [-0.2, 0) is 18.9 Å². The van der Waals surface area contributed by atoms with Gasteiger partial charge in [0.15, 0.2) is 12.6 Å². The van der Waals surface area contributed by atoms with Crippen molar-refractivity contribution in [1.29, 1.82) is 0 Å². The summed E-state index contributed by atoms with van der Waals surface area (Å²) in [7, 11) is 9.15. The van der Waals surface area contributed by atoms with Gasteiger partial charge in [0.05, 0.1) is 0 Å². The van der Waals surface area contributed by atoms with E-state index in [9.17, 15) is 0 Å². The summed E-state index contributed by atoms with van der Waals surface area (Å²) in [5, 5.41) is 0. The van der Waals surface area contributed by atoms with Crippen LogP contribution in [0.2, 0.25) is 0 Å². The SMILES string of the molecule is COC(CCCCC/C=C\CCCCl)OC.COC(CCCCCC#CCCCCl)OC.CP.[HH]. The Hall–Kier alpha value is 0.150. The predicted molar refractivity (Wildman–Crippen MR) is 156 cm³/mol. The van der Waals surface area contributed by atoms with Crippen molar-refractivity contribution in [3.05, 3.63) is 12.2 Å². The van der Waals surface area contributed by atoms with Gasteiger partial charge in [-0.2, -0.15) is 0 Å². The van der Waals surface area contributed by atoms with E-state index < -0.39 is 0 Å². The Kier molecular flexibility index (Phi) is 42.9. The lowest BCUT2D eigenvalue weighted by Gasteiger charge is -2.12. The average molecular weight is 546 g/mol. The highest BCUT2D eigenvalue weighted by Gasteiger charge is 2.03. The highest BCUT2D eigenvalue weighted by atomic mass is 35.5. The first kappa shape index (κ1) is 38.7. The van der Waals surface area contributed by atoms with E-state index in [1.54, 1.807) is 28.4 Å². The molecule has 0 amide bonds. The number of ether oxygens (including phenoxy) is 4. The Labute approximate surface area is 225 Å². The van der Waals surface area contributed by atoms with E-state index >= 15 is 0 Å². The number of rotatable bonds is 20. The van der Waals surface area contributed by atoms with Gasteiger partial charge in [0.1, 0.15) is 0 Å². The maximum Gasteiger partial charge on any atom is 0.156 e. The van der Waals surface area contributed by atoms with Crippen molar-refractivity contribution in [2.24, 2.45) is 0 Å². The van der Waals surface area contributed by atoms with E-state index in [1.165, 1.54) is 32.1 Å². The molecule has 1 atom stereocenters. The Morgan fingerprint density at radius 3 is 1.47 bits per heavy atom. The zero-order chi connectivity index (χ0) is 26.1. The fraction of sp³-hybridized carbons (Fsp3) is 0.852. The number of hydrogen-bond acceptors (Lipinski definition) is 4. The van der Waals surface area contributed by atoms with Crippen molar-refractivity contribution in [2.45, 2.75) is 102 Å². The van der Waals surface area contributed by atoms with Crippen LogP contribution in [0.1, 0.15) is 91.3 Å². The van der Waals surface area contributed by atoms with Crippen molar-refractivity contribution in [3.8, 4) is 11.8 Å². The summed E-state index contributed by atoms with van der Waals surface area (Å²) in [6.45, 7) is 1.92. The topological polar surface area (TPSA) is 36.9 Å². The van der Waals surface area contributed by atoms with Gasteiger partial charge < -0.3 is 18.9 Å². The molecule has 0 aromatic carbocycles. The maximum atomic E-state index is 5.58. The molecule has 0 heterocycles. The van der Waals surface area contributed by atoms with Gasteiger partial charge in [-0.05, 0) is 64.2 Å². The summed E-state index contributed by atoms with van der Waals surface area (Å²) in [5.74, 6) is 7.77. The molecule has 0 saturated carbocycles. The largest absolute Gasteiger partial charge is 0.356 e. The van der Waals surface area contributed by atoms with Crippen LogP contribution in [0.3, 0.4) is 0 Å². The van der Waals surface area contributed by atoms with Crippen molar-refractivity contribution < 1.29 is 20.4 Å². The average Bonchev–Trinajstić information content (AvgIpc) is 2.88. The smallest absolute Gasteiger partial charge is 0.156 e. The highest BCUT2D eigenvalue weighted by Crippen LogP contribution is 2.09. The van der Waals surface area contributed by atoms with Crippen LogP contribution >= 0.6 is 32.4 Å². The zero-order valence-electron chi connectivity index (χ0n) is 22.6. The van der Waals surface area contributed by atoms with Crippen LogP contribution in [0.5, 0.6) is 0 Å². The molecule has 206 valence electrons. The van der Waals surface area contributed by atoms with E-state index in [2.05, 4.69) is 33.2 Å². The molecule has 0 spiro atoms. The summed E-state index contributed by atoms with van der Waals surface area (Å²) < 4.78 is 20.5. The first-order chi connectivity index (χ1) is 16.7. The van der Waals surface area contributed by atoms with E-state index in [0.717, 1.165) is 63.7 Å². The second-order valence-electron chi connectivity index (χ2n) is 7.49. The van der Waals surface area contributed by atoms with Gasteiger partial charge in [-0.15, -0.1) is 44.3 Å². The van der Waals surface area contributed by atoms with Gasteiger partial charge >= 0.3 is 0 Å². The lowest BCUT2D eigenvalue weighted by molar-refractivity contribution is -0.107. The van der Waals surface area contributed by atoms with Crippen molar-refractivity contribution >= 4 is 32.4 Å². The van der Waals surface area contributed by atoms with Crippen LogP contribution in [0.4, 0.5) is 0 Å². The molecule has 34 heavy (non-hydrogen) atoms. The first-order valence-corrected chi connectivity index (χ1v) is 14.8. The Bertz CT molecular complexity index is 441. The molecule has 0 aromatic heterocycles. The van der Waals surface area contributed by atoms with E-state index in [1.807, 2.05) is 6.66 Å². The van der Waals surface area contributed by atoms with Crippen LogP contribution in [0.15, 0.2) is 12.2 Å². The molecule has 0 aliphatic carbocycles. The van der Waals surface area contributed by atoms with E-state index in [-0.39, 0.29) is 14.0 Å². The Morgan fingerprint density at radius 1 is 0.618 bits per heavy atom. The van der Waals surface area contributed by atoms with Gasteiger partial charge in [-0.25, -0.2) is 0 Å². The minimum Gasteiger partial charge on any atom is -0.356 e. The molecule has 7 heteroatoms. The normalized spacial score (nSPS) is 10.5. The summed E-state index contributed by atoms with van der Waals surface area (Å²) in [6, 6.07) is 0. The van der Waals surface area contributed by atoms with E-state index in [4.69, 9.17) is 42.1 Å². The molecule has 0 bridgehead atoms. The molecule has 0 fully saturated rings. The lowest BCUT2D eigenvalue weighted by atomic mass is 10.1. The molecule has 0 saturated heterocycles. The molecular formula is C27H55Cl2O4P. The quantitative estimate of drug-likeness (QED) is 0.0384. The number of methoxy groups -OCH3 is 4. The molecular weight excluding hydrogens is 490 g/mol. The zero-order valence-corrected chi connectivity index (χ0v) is 25.3. The third kappa shape index (κ3) is 34.3. The minimum atomic E-state index is -0.0465. The number of hydrogen-bond donors (Lipinski definition) is 0. The van der Waals surface area contributed by atoms with Crippen molar-refractivity contribution in [2.75, 3.05) is 46.9 Å². The first-order valence-electron chi connectivity index (χ1n) is 12.6.